The Morgan fingerprint density at radius 3 is 3.11 bits per heavy atom. The van der Waals surface area contributed by atoms with Crippen molar-refractivity contribution >= 4 is 0 Å². The minimum atomic E-state index is 0.315. The van der Waals surface area contributed by atoms with Gasteiger partial charge in [0.15, 0.2) is 0 Å². The second-order valence-corrected chi connectivity index (χ2v) is 4.23. The first-order chi connectivity index (χ1) is 8.78. The average Bonchev–Trinajstić information content (AvgIpc) is 2.89. The number of aromatic nitrogens is 1. The van der Waals surface area contributed by atoms with E-state index in [9.17, 15) is 0 Å². The highest BCUT2D eigenvalue weighted by Gasteiger charge is 2.05. The molecule has 0 bridgehead atoms. The summed E-state index contributed by atoms with van der Waals surface area (Å²) in [5, 5.41) is 12.2. The summed E-state index contributed by atoms with van der Waals surface area (Å²) in [6.07, 6.45) is 4.19. The van der Waals surface area contributed by atoms with Crippen molar-refractivity contribution in [2.24, 2.45) is 0 Å². The monoisotopic (exact) mass is 241 g/mol. The number of hydrogen-bond acceptors (Lipinski definition) is 4. The Balaban J connectivity index is 1.85. The van der Waals surface area contributed by atoms with E-state index in [0.29, 0.717) is 11.7 Å². The fourth-order valence-electron chi connectivity index (χ4n) is 1.74. The van der Waals surface area contributed by atoms with Gasteiger partial charge in [0.2, 0.25) is 0 Å². The maximum atomic E-state index is 8.77. The van der Waals surface area contributed by atoms with Gasteiger partial charge in [-0.15, -0.1) is 0 Å². The number of nitrogens with zero attached hydrogens (tertiary/aromatic N) is 2. The third-order valence-corrected chi connectivity index (χ3v) is 2.68. The van der Waals surface area contributed by atoms with Crippen LogP contribution in [0.3, 0.4) is 0 Å². The number of hydrogen-bond donors (Lipinski definition) is 1. The zero-order valence-corrected chi connectivity index (χ0v) is 10.3. The molecule has 0 aliphatic carbocycles. The molecule has 1 atom stereocenters. The molecule has 2 aromatic rings. The van der Waals surface area contributed by atoms with Crippen molar-refractivity contribution in [1.29, 1.82) is 5.26 Å². The highest BCUT2D eigenvalue weighted by molar-refractivity contribution is 5.25. The summed E-state index contributed by atoms with van der Waals surface area (Å²) in [5.41, 5.74) is 1.51. The lowest BCUT2D eigenvalue weighted by Crippen LogP contribution is -2.27. The molecule has 4 nitrogen and oxygen atoms in total. The minimum Gasteiger partial charge on any atom is -0.469 e. The van der Waals surface area contributed by atoms with E-state index in [-0.39, 0.29) is 0 Å². The van der Waals surface area contributed by atoms with Gasteiger partial charge in [-0.05, 0) is 36.8 Å². The van der Waals surface area contributed by atoms with Gasteiger partial charge < -0.3 is 9.73 Å². The third-order valence-electron chi connectivity index (χ3n) is 2.68. The summed E-state index contributed by atoms with van der Waals surface area (Å²) in [6.45, 7) is 2.83. The summed E-state index contributed by atoms with van der Waals surface area (Å²) >= 11 is 0. The Bertz CT molecular complexity index is 528. The third kappa shape index (κ3) is 3.44. The van der Waals surface area contributed by atoms with Crippen molar-refractivity contribution in [2.45, 2.75) is 25.9 Å². The molecule has 2 heterocycles. The van der Waals surface area contributed by atoms with E-state index in [1.54, 1.807) is 18.5 Å². The van der Waals surface area contributed by atoms with Crippen LogP contribution in [0.2, 0.25) is 0 Å². The fourth-order valence-corrected chi connectivity index (χ4v) is 1.74. The van der Waals surface area contributed by atoms with Gasteiger partial charge in [-0.25, -0.2) is 4.98 Å². The van der Waals surface area contributed by atoms with E-state index in [0.717, 1.165) is 24.3 Å². The highest BCUT2D eigenvalue weighted by Crippen LogP contribution is 2.05. The molecule has 0 fully saturated rings. The number of rotatable bonds is 5. The molecule has 92 valence electrons. The molecular weight excluding hydrogens is 226 g/mol. The van der Waals surface area contributed by atoms with Crippen LogP contribution in [0.25, 0.3) is 0 Å². The Hall–Kier alpha value is -2.12. The van der Waals surface area contributed by atoms with E-state index >= 15 is 0 Å². The quantitative estimate of drug-likeness (QED) is 0.872. The Morgan fingerprint density at radius 2 is 2.39 bits per heavy atom. The van der Waals surface area contributed by atoms with E-state index < -0.39 is 0 Å². The Morgan fingerprint density at radius 1 is 1.50 bits per heavy atom. The lowest BCUT2D eigenvalue weighted by molar-refractivity contribution is 0.456. The van der Waals surface area contributed by atoms with Gasteiger partial charge in [-0.1, -0.05) is 0 Å². The van der Waals surface area contributed by atoms with Gasteiger partial charge in [-0.2, -0.15) is 5.26 Å². The molecule has 2 aromatic heterocycles. The lowest BCUT2D eigenvalue weighted by atomic mass is 10.1. The molecule has 18 heavy (non-hydrogen) atoms. The lowest BCUT2D eigenvalue weighted by Gasteiger charge is -2.12. The Kier molecular flexibility index (Phi) is 4.11. The first kappa shape index (κ1) is 12.3. The van der Waals surface area contributed by atoms with Crippen LogP contribution in [0.5, 0.6) is 0 Å². The van der Waals surface area contributed by atoms with Crippen LogP contribution in [0, 0.1) is 11.3 Å². The van der Waals surface area contributed by atoms with Crippen LogP contribution < -0.4 is 5.32 Å². The molecule has 0 saturated heterocycles. The second-order valence-electron chi connectivity index (χ2n) is 4.23. The van der Waals surface area contributed by atoms with E-state index in [1.807, 2.05) is 24.3 Å². The number of pyridine rings is 1. The molecule has 0 saturated carbocycles. The summed E-state index contributed by atoms with van der Waals surface area (Å²) < 4.78 is 5.30. The van der Waals surface area contributed by atoms with Crippen molar-refractivity contribution in [2.75, 3.05) is 0 Å². The standard InChI is InChI=1S/C14H15N3O/c1-11(7-14-3-2-6-18-14)17-10-12-4-5-16-13(8-12)9-15/h2-6,8,11,17H,7,10H2,1H3. The predicted molar refractivity (Wildman–Crippen MR) is 67.7 cm³/mol. The molecule has 1 N–H and O–H groups in total. The van der Waals surface area contributed by atoms with E-state index in [2.05, 4.69) is 17.2 Å². The smallest absolute Gasteiger partial charge is 0.140 e. The van der Waals surface area contributed by atoms with Crippen LogP contribution in [-0.2, 0) is 13.0 Å². The predicted octanol–water partition coefficient (Wildman–Crippen LogP) is 2.27. The molecule has 2 rings (SSSR count). The SMILES string of the molecule is CC(Cc1ccco1)NCc1ccnc(C#N)c1. The van der Waals surface area contributed by atoms with Gasteiger partial charge in [0, 0.05) is 25.2 Å². The topological polar surface area (TPSA) is 61.9 Å². The average molecular weight is 241 g/mol. The van der Waals surface area contributed by atoms with E-state index in [4.69, 9.17) is 9.68 Å². The maximum Gasteiger partial charge on any atom is 0.140 e. The van der Waals surface area contributed by atoms with Crippen molar-refractivity contribution in [3.05, 3.63) is 53.7 Å². The molecular formula is C14H15N3O. The van der Waals surface area contributed by atoms with Crippen molar-refractivity contribution in [3.8, 4) is 6.07 Å². The number of nitriles is 1. The van der Waals surface area contributed by atoms with Gasteiger partial charge >= 0.3 is 0 Å². The minimum absolute atomic E-state index is 0.315. The molecule has 0 radical (unpaired) electrons. The molecule has 0 aromatic carbocycles. The molecule has 0 aliphatic rings. The summed E-state index contributed by atoms with van der Waals surface area (Å²) in [6, 6.07) is 9.92. The largest absolute Gasteiger partial charge is 0.469 e. The van der Waals surface area contributed by atoms with Gasteiger partial charge in [0.05, 0.1) is 6.26 Å². The van der Waals surface area contributed by atoms with Gasteiger partial charge in [0.25, 0.3) is 0 Å². The molecule has 1 unspecified atom stereocenters. The van der Waals surface area contributed by atoms with Crippen LogP contribution >= 0.6 is 0 Å². The first-order valence-electron chi connectivity index (χ1n) is 5.88. The van der Waals surface area contributed by atoms with Crippen LogP contribution in [0.4, 0.5) is 0 Å². The summed E-state index contributed by atoms with van der Waals surface area (Å²) in [5.74, 6) is 0.974. The summed E-state index contributed by atoms with van der Waals surface area (Å²) in [7, 11) is 0. The molecule has 0 aliphatic heterocycles. The zero-order chi connectivity index (χ0) is 12.8. The van der Waals surface area contributed by atoms with Gasteiger partial charge in [-0.3, -0.25) is 0 Å². The number of nitrogens with one attached hydrogen (secondary N) is 1. The highest BCUT2D eigenvalue weighted by atomic mass is 16.3. The fraction of sp³-hybridized carbons (Fsp3) is 0.286. The Labute approximate surface area is 106 Å². The van der Waals surface area contributed by atoms with Crippen molar-refractivity contribution in [1.82, 2.24) is 10.3 Å². The summed E-state index contributed by atoms with van der Waals surface area (Å²) in [4.78, 5) is 3.94. The molecule has 4 heteroatoms. The maximum absolute atomic E-state index is 8.77. The van der Waals surface area contributed by atoms with E-state index in [1.165, 1.54) is 0 Å². The number of furan rings is 1. The van der Waals surface area contributed by atoms with Crippen LogP contribution in [0.1, 0.15) is 23.9 Å². The van der Waals surface area contributed by atoms with Crippen LogP contribution in [-0.4, -0.2) is 11.0 Å². The second kappa shape index (κ2) is 5.99. The van der Waals surface area contributed by atoms with Gasteiger partial charge in [0.1, 0.15) is 17.5 Å². The first-order valence-corrected chi connectivity index (χ1v) is 5.88. The van der Waals surface area contributed by atoms with Crippen molar-refractivity contribution in [3.63, 3.8) is 0 Å². The normalized spacial score (nSPS) is 12.0. The zero-order valence-electron chi connectivity index (χ0n) is 10.3. The van der Waals surface area contributed by atoms with Crippen LogP contribution in [0.15, 0.2) is 41.1 Å². The van der Waals surface area contributed by atoms with Crippen molar-refractivity contribution < 1.29 is 4.42 Å². The molecule has 0 amide bonds. The molecule has 0 spiro atoms.